The molecule has 0 heterocycles. The zero-order chi connectivity index (χ0) is 29.9. The third-order valence-electron chi connectivity index (χ3n) is 5.37. The van der Waals surface area contributed by atoms with E-state index in [1.54, 1.807) is 51.1 Å². The van der Waals surface area contributed by atoms with E-state index in [0.717, 1.165) is 12.7 Å². The van der Waals surface area contributed by atoms with Crippen molar-refractivity contribution in [1.29, 1.82) is 0 Å². The number of carboxylic acid groups (broad SMARTS) is 1. The first kappa shape index (κ1) is 31.6. The molecule has 2 aromatic carbocycles. The molecule has 0 fully saturated rings. The lowest BCUT2D eigenvalue weighted by atomic mass is 10.0. The van der Waals surface area contributed by atoms with Crippen LogP contribution < -0.4 is 15.4 Å². The molecule has 0 spiro atoms. The van der Waals surface area contributed by atoms with E-state index in [1.807, 2.05) is 0 Å². The maximum absolute atomic E-state index is 13.2. The topological polar surface area (TPSA) is 167 Å². The van der Waals surface area contributed by atoms with E-state index in [9.17, 15) is 29.1 Å². The van der Waals surface area contributed by atoms with E-state index in [1.165, 1.54) is 25.3 Å². The van der Waals surface area contributed by atoms with Gasteiger partial charge in [0.1, 0.15) is 29.0 Å². The van der Waals surface area contributed by atoms with E-state index in [-0.39, 0.29) is 24.2 Å². The van der Waals surface area contributed by atoms with Gasteiger partial charge in [0.15, 0.2) is 6.61 Å². The molecule has 2 amide bonds. The number of rotatable bonds is 12. The summed E-state index contributed by atoms with van der Waals surface area (Å²) in [6, 6.07) is 10.5. The molecule has 12 heteroatoms. The van der Waals surface area contributed by atoms with Crippen molar-refractivity contribution in [2.24, 2.45) is 0 Å². The second kappa shape index (κ2) is 14.5. The molecule has 2 aromatic rings. The maximum atomic E-state index is 13.2. The first-order valence-corrected chi connectivity index (χ1v) is 12.3. The van der Waals surface area contributed by atoms with Crippen molar-refractivity contribution in [3.05, 3.63) is 65.2 Å². The van der Waals surface area contributed by atoms with Gasteiger partial charge in [0.2, 0.25) is 5.91 Å². The fourth-order valence-corrected chi connectivity index (χ4v) is 3.51. The van der Waals surface area contributed by atoms with Gasteiger partial charge in [-0.1, -0.05) is 36.4 Å². The zero-order valence-corrected chi connectivity index (χ0v) is 23.0. The number of carbonyl (C=O) groups excluding carboxylic acids is 4. The number of esters is 2. The first-order chi connectivity index (χ1) is 18.8. The predicted octanol–water partition coefficient (Wildman–Crippen LogP) is 2.27. The van der Waals surface area contributed by atoms with E-state index >= 15 is 0 Å². The third-order valence-corrected chi connectivity index (χ3v) is 5.37. The Kier molecular flexibility index (Phi) is 11.5. The highest BCUT2D eigenvalue weighted by Crippen LogP contribution is 2.22. The molecule has 2 atom stereocenters. The largest absolute Gasteiger partial charge is 0.481 e. The smallest absolute Gasteiger partial charge is 0.408 e. The highest BCUT2D eigenvalue weighted by molar-refractivity contribution is 5.93. The normalized spacial score (nSPS) is 12.3. The summed E-state index contributed by atoms with van der Waals surface area (Å²) < 4.78 is 19.9. The number of hydrogen-bond donors (Lipinski definition) is 3. The maximum Gasteiger partial charge on any atom is 0.408 e. The molecule has 0 aliphatic heterocycles. The summed E-state index contributed by atoms with van der Waals surface area (Å²) >= 11 is 0. The van der Waals surface area contributed by atoms with Gasteiger partial charge in [-0.15, -0.1) is 0 Å². The van der Waals surface area contributed by atoms with Crippen LogP contribution in [0.2, 0.25) is 0 Å². The monoisotopic (exact) mass is 558 g/mol. The lowest BCUT2D eigenvalue weighted by molar-refractivity contribution is -0.143. The molecule has 12 nitrogen and oxygen atoms in total. The fraction of sp³-hybridized carbons (Fsp3) is 0.393. The van der Waals surface area contributed by atoms with Gasteiger partial charge in [0, 0.05) is 12.8 Å². The Labute approximate surface area is 231 Å². The Hall–Kier alpha value is -4.61. The number of carbonyl (C=O) groups is 5. The molecule has 0 radical (unpaired) electrons. The van der Waals surface area contributed by atoms with Crippen LogP contribution in [-0.4, -0.2) is 73.5 Å². The Morgan fingerprint density at radius 1 is 0.850 bits per heavy atom. The van der Waals surface area contributed by atoms with Crippen molar-refractivity contribution in [3.8, 4) is 5.75 Å². The molecule has 0 aliphatic rings. The Balaban J connectivity index is 2.26. The third kappa shape index (κ3) is 10.3. The second-order valence-electron chi connectivity index (χ2n) is 9.68. The van der Waals surface area contributed by atoms with Crippen LogP contribution in [-0.2, 0) is 41.4 Å². The molecule has 1 unspecified atom stereocenters. The van der Waals surface area contributed by atoms with Gasteiger partial charge in [-0.05, 0) is 44.0 Å². The number of ether oxygens (including phenoxy) is 4. The summed E-state index contributed by atoms with van der Waals surface area (Å²) in [7, 11) is 2.34. The Bertz CT molecular complexity index is 1210. The van der Waals surface area contributed by atoms with Gasteiger partial charge in [-0.25, -0.2) is 19.2 Å². The van der Waals surface area contributed by atoms with E-state index < -0.39 is 54.2 Å². The van der Waals surface area contributed by atoms with Gasteiger partial charge in [-0.3, -0.25) is 4.79 Å². The lowest BCUT2D eigenvalue weighted by Crippen LogP contribution is -2.53. The Morgan fingerprint density at radius 3 is 2.08 bits per heavy atom. The SMILES string of the molecule is COC(=O)COc1ccc(C[C@H](NC(=O)C(Cc2ccccc2)NC(=O)OC(C)(C)C)C(=O)O)cc1C(=O)OC. The number of carboxylic acids is 1. The number of hydrogen-bond acceptors (Lipinski definition) is 9. The number of alkyl carbamates (subject to hydrolysis) is 1. The number of aliphatic carboxylic acids is 1. The summed E-state index contributed by atoms with van der Waals surface area (Å²) in [5, 5.41) is 14.8. The quantitative estimate of drug-likeness (QED) is 0.260. The number of nitrogens with one attached hydrogen (secondary N) is 2. The second-order valence-corrected chi connectivity index (χ2v) is 9.68. The van der Waals surface area contributed by atoms with Crippen molar-refractivity contribution in [1.82, 2.24) is 10.6 Å². The zero-order valence-electron chi connectivity index (χ0n) is 23.0. The fourth-order valence-electron chi connectivity index (χ4n) is 3.51. The summed E-state index contributed by atoms with van der Waals surface area (Å²) in [6.07, 6.45) is -0.968. The molecule has 0 bridgehead atoms. The van der Waals surface area contributed by atoms with Crippen molar-refractivity contribution in [2.75, 3.05) is 20.8 Å². The number of amides is 2. The molecular weight excluding hydrogens is 524 g/mol. The minimum Gasteiger partial charge on any atom is -0.481 e. The lowest BCUT2D eigenvalue weighted by Gasteiger charge is -2.24. The van der Waals surface area contributed by atoms with E-state index in [2.05, 4.69) is 15.4 Å². The molecule has 3 N–H and O–H groups in total. The van der Waals surface area contributed by atoms with Gasteiger partial charge >= 0.3 is 24.0 Å². The molecule has 40 heavy (non-hydrogen) atoms. The first-order valence-electron chi connectivity index (χ1n) is 12.3. The van der Waals surface area contributed by atoms with Crippen LogP contribution in [0.1, 0.15) is 42.3 Å². The molecule has 2 rings (SSSR count). The summed E-state index contributed by atoms with van der Waals surface area (Å²) in [6.45, 7) is 4.57. The molecule has 0 saturated heterocycles. The summed E-state index contributed by atoms with van der Waals surface area (Å²) in [4.78, 5) is 61.5. The van der Waals surface area contributed by atoms with Crippen molar-refractivity contribution < 1.29 is 48.0 Å². The van der Waals surface area contributed by atoms with Gasteiger partial charge in [-0.2, -0.15) is 0 Å². The predicted molar refractivity (Wildman–Crippen MR) is 142 cm³/mol. The van der Waals surface area contributed by atoms with Crippen LogP contribution >= 0.6 is 0 Å². The number of methoxy groups -OCH3 is 2. The molecule has 0 saturated carbocycles. The van der Waals surface area contributed by atoms with Crippen molar-refractivity contribution >= 4 is 29.9 Å². The minimum absolute atomic E-state index is 0.0291. The van der Waals surface area contributed by atoms with Gasteiger partial charge in [0.05, 0.1) is 14.2 Å². The molecular formula is C28H34N2O10. The number of benzene rings is 2. The molecule has 216 valence electrons. The van der Waals surface area contributed by atoms with Crippen LogP contribution in [0.5, 0.6) is 5.75 Å². The average Bonchev–Trinajstić information content (AvgIpc) is 2.90. The van der Waals surface area contributed by atoms with Crippen LogP contribution in [0.25, 0.3) is 0 Å². The van der Waals surface area contributed by atoms with E-state index in [0.29, 0.717) is 5.56 Å². The van der Waals surface area contributed by atoms with Crippen LogP contribution in [0.3, 0.4) is 0 Å². The average molecular weight is 559 g/mol. The highest BCUT2D eigenvalue weighted by Gasteiger charge is 2.29. The summed E-state index contributed by atoms with van der Waals surface area (Å²) in [5.41, 5.74) is 0.230. The van der Waals surface area contributed by atoms with E-state index in [4.69, 9.17) is 14.2 Å². The van der Waals surface area contributed by atoms with Gasteiger partial charge < -0.3 is 34.7 Å². The van der Waals surface area contributed by atoms with Crippen molar-refractivity contribution in [2.45, 2.75) is 51.3 Å². The standard InChI is InChI=1S/C28H34N2O10/c1-28(2,3)40-27(36)30-20(14-17-9-7-6-8-10-17)24(32)29-21(25(33)34)15-18-11-12-22(39-16-23(31)37-4)19(13-18)26(35)38-5/h6-13,20-21H,14-16H2,1-5H3,(H,29,32)(H,30,36)(H,33,34)/t20?,21-/m0/s1. The highest BCUT2D eigenvalue weighted by atomic mass is 16.6. The molecule has 0 aliphatic carbocycles. The van der Waals surface area contributed by atoms with Crippen LogP contribution in [0.4, 0.5) is 4.79 Å². The van der Waals surface area contributed by atoms with Crippen LogP contribution in [0.15, 0.2) is 48.5 Å². The minimum atomic E-state index is -1.42. The summed E-state index contributed by atoms with van der Waals surface area (Å²) in [5.74, 6) is -3.50. The van der Waals surface area contributed by atoms with Gasteiger partial charge in [0.25, 0.3) is 0 Å². The molecule has 0 aromatic heterocycles. The van der Waals surface area contributed by atoms with Crippen molar-refractivity contribution in [3.63, 3.8) is 0 Å². The van der Waals surface area contributed by atoms with Crippen LogP contribution in [0, 0.1) is 0 Å². The Morgan fingerprint density at radius 2 is 1.50 bits per heavy atom.